The summed E-state index contributed by atoms with van der Waals surface area (Å²) >= 11 is 0. The highest BCUT2D eigenvalue weighted by molar-refractivity contribution is 5.91. The Kier molecular flexibility index (Phi) is 16.5. The number of carbonyl (C=O) groups excluding carboxylic acids is 5. The van der Waals surface area contributed by atoms with Gasteiger partial charge in [0.25, 0.3) is 0 Å². The number of nitrogens with one attached hydrogen (secondary N) is 4. The maximum Gasteiger partial charge on any atom is 0.326 e. The largest absolute Gasteiger partial charge is 0.480 e. The van der Waals surface area contributed by atoms with Crippen LogP contribution in [0.25, 0.3) is 0 Å². The van der Waals surface area contributed by atoms with Gasteiger partial charge in [-0.15, -0.1) is 0 Å². The molecular weight excluding hydrogens is 620 g/mol. The molecule has 0 bridgehead atoms. The minimum atomic E-state index is -1.70. The van der Waals surface area contributed by atoms with Crippen molar-refractivity contribution in [1.29, 1.82) is 0 Å². The molecule has 0 unspecified atom stereocenters. The summed E-state index contributed by atoms with van der Waals surface area (Å²) in [4.78, 5) is 83.6. The second-order valence-electron chi connectivity index (χ2n) is 10.8. The monoisotopic (exact) mass is 664 g/mol. The summed E-state index contributed by atoms with van der Waals surface area (Å²) in [6.07, 6.45) is -8.18. The Hall–Kier alpha value is -3.95. The number of aliphatic hydroxyl groups is 3. The lowest BCUT2D eigenvalue weighted by Crippen LogP contribution is -2.65. The number of rotatable bonds is 19. The molecule has 20 nitrogen and oxygen atoms in total. The minimum absolute atomic E-state index is 0.0789. The maximum absolute atomic E-state index is 12.8. The van der Waals surface area contributed by atoms with Crippen molar-refractivity contribution in [1.82, 2.24) is 21.3 Å². The van der Waals surface area contributed by atoms with Gasteiger partial charge in [0.05, 0.1) is 12.6 Å². The summed E-state index contributed by atoms with van der Waals surface area (Å²) in [5.41, 5.74) is 10.5. The summed E-state index contributed by atoms with van der Waals surface area (Å²) in [5, 5.41) is 58.1. The van der Waals surface area contributed by atoms with Gasteiger partial charge in [0.1, 0.15) is 48.6 Å². The third kappa shape index (κ3) is 12.8. The van der Waals surface area contributed by atoms with Crippen LogP contribution in [-0.2, 0) is 43.0 Å². The molecular formula is C26H44N6O14. The van der Waals surface area contributed by atoms with Crippen molar-refractivity contribution < 1.29 is 68.6 Å². The summed E-state index contributed by atoms with van der Waals surface area (Å²) in [7, 11) is 0. The van der Waals surface area contributed by atoms with Crippen LogP contribution in [0.4, 0.5) is 0 Å². The Morgan fingerprint density at radius 3 is 2.00 bits per heavy atom. The quantitative estimate of drug-likeness (QED) is 0.0614. The molecule has 0 aromatic rings. The predicted octanol–water partition coefficient (Wildman–Crippen LogP) is -5.26. The molecule has 1 heterocycles. The molecule has 1 aliphatic heterocycles. The molecule has 1 saturated heterocycles. The Morgan fingerprint density at radius 1 is 0.891 bits per heavy atom. The van der Waals surface area contributed by atoms with E-state index >= 15 is 0 Å². The van der Waals surface area contributed by atoms with E-state index in [-0.39, 0.29) is 19.3 Å². The van der Waals surface area contributed by atoms with Crippen LogP contribution in [0.2, 0.25) is 0 Å². The average Bonchev–Trinajstić information content (AvgIpc) is 2.96. The smallest absolute Gasteiger partial charge is 0.326 e. The summed E-state index contributed by atoms with van der Waals surface area (Å²) in [6, 6.07) is -6.59. The first kappa shape index (κ1) is 40.1. The molecule has 0 saturated carbocycles. The highest BCUT2D eigenvalue weighted by atomic mass is 16.6. The number of carboxylic acids is 2. The third-order valence-electron chi connectivity index (χ3n) is 7.01. The Labute approximate surface area is 263 Å². The van der Waals surface area contributed by atoms with Gasteiger partial charge in [-0.2, -0.15) is 0 Å². The van der Waals surface area contributed by atoms with E-state index in [1.165, 1.54) is 13.8 Å². The van der Waals surface area contributed by atoms with Crippen molar-refractivity contribution in [3.05, 3.63) is 0 Å². The molecule has 0 spiro atoms. The number of amides is 5. The fourth-order valence-corrected chi connectivity index (χ4v) is 4.37. The van der Waals surface area contributed by atoms with Gasteiger partial charge in [-0.3, -0.25) is 24.0 Å². The molecule has 20 heteroatoms. The lowest BCUT2D eigenvalue weighted by molar-refractivity contribution is -0.266. The molecule has 0 aliphatic carbocycles. The van der Waals surface area contributed by atoms with Crippen molar-refractivity contribution in [2.24, 2.45) is 11.5 Å². The van der Waals surface area contributed by atoms with Crippen molar-refractivity contribution in [3.8, 4) is 0 Å². The number of aliphatic hydroxyl groups excluding tert-OH is 3. The Bertz CT molecular complexity index is 1110. The lowest BCUT2D eigenvalue weighted by Gasteiger charge is -2.43. The standard InChI is InChI=1S/C26H44N6O14/c1-10(29-23(39)11(2)45-20-18(30-12(3)34)26(44)46-16(9-33)19(20)36)22(38)32-15(25(42)43)7-8-17(35)31-14(24(40)41)6-4-5-13(27)21(28)37/h10-11,13-16,18-20,26,33,36,44H,4-9,27H2,1-3H3,(H2,28,37)(H,29,39)(H,30,34)(H,31,35)(H,32,38)(H,40,41)(H,42,43)/t10-,11+,13+,14-,15+,16-,18+,19-,20-,26-/m0/s1. The van der Waals surface area contributed by atoms with E-state index in [2.05, 4.69) is 21.3 Å². The van der Waals surface area contributed by atoms with Gasteiger partial charge in [-0.25, -0.2) is 9.59 Å². The molecule has 5 amide bonds. The fraction of sp³-hybridized carbons (Fsp3) is 0.731. The predicted molar refractivity (Wildman–Crippen MR) is 153 cm³/mol. The van der Waals surface area contributed by atoms with Crippen molar-refractivity contribution in [2.45, 2.75) is 114 Å². The van der Waals surface area contributed by atoms with Crippen LogP contribution in [-0.4, -0.2) is 135 Å². The topological polar surface area (TPSA) is 339 Å². The first-order chi connectivity index (χ1) is 21.4. The number of aliphatic carboxylic acids is 2. The highest BCUT2D eigenvalue weighted by Gasteiger charge is 2.47. The van der Waals surface area contributed by atoms with Crippen LogP contribution < -0.4 is 32.7 Å². The van der Waals surface area contributed by atoms with E-state index in [1.54, 1.807) is 0 Å². The van der Waals surface area contributed by atoms with Crippen LogP contribution in [0.3, 0.4) is 0 Å². The summed E-state index contributed by atoms with van der Waals surface area (Å²) < 4.78 is 10.6. The first-order valence-corrected chi connectivity index (χ1v) is 14.3. The SMILES string of the molecule is CC(=O)N[C@@H]1[C@H](O[C@H](C)C(=O)N[C@@H](C)C(=O)N[C@H](CCC(=O)N[C@@H](CCC[C@@H](N)C(N)=O)C(=O)O)C(=O)O)[C@@H](O)[C@H](CO)O[C@@H]1O. The van der Waals surface area contributed by atoms with Crippen molar-refractivity contribution in [2.75, 3.05) is 6.61 Å². The maximum atomic E-state index is 12.8. The average molecular weight is 665 g/mol. The molecule has 0 aromatic heterocycles. The molecule has 1 fully saturated rings. The first-order valence-electron chi connectivity index (χ1n) is 14.3. The normalized spacial score (nSPS) is 24.3. The number of ether oxygens (including phenoxy) is 2. The van der Waals surface area contributed by atoms with Gasteiger partial charge in [0.2, 0.25) is 29.5 Å². The highest BCUT2D eigenvalue weighted by Crippen LogP contribution is 2.23. The van der Waals surface area contributed by atoms with Crippen LogP contribution >= 0.6 is 0 Å². The second kappa shape index (κ2) is 18.9. The van der Waals surface area contributed by atoms with E-state index < -0.39 is 122 Å². The molecule has 1 aliphatic rings. The van der Waals surface area contributed by atoms with Crippen LogP contribution in [0, 0.1) is 0 Å². The van der Waals surface area contributed by atoms with Crippen molar-refractivity contribution in [3.63, 3.8) is 0 Å². The van der Waals surface area contributed by atoms with Gasteiger partial charge in [0, 0.05) is 13.3 Å². The summed E-state index contributed by atoms with van der Waals surface area (Å²) in [6.45, 7) is 2.87. The van der Waals surface area contributed by atoms with E-state index in [0.717, 1.165) is 6.92 Å². The van der Waals surface area contributed by atoms with Gasteiger partial charge < -0.3 is 67.7 Å². The van der Waals surface area contributed by atoms with Crippen LogP contribution in [0.1, 0.15) is 52.9 Å². The zero-order chi connectivity index (χ0) is 35.3. The molecule has 0 aromatic carbocycles. The molecule has 46 heavy (non-hydrogen) atoms. The van der Waals surface area contributed by atoms with Gasteiger partial charge in [-0.1, -0.05) is 0 Å². The number of nitrogens with two attached hydrogens (primary N) is 2. The van der Waals surface area contributed by atoms with E-state index in [9.17, 15) is 59.1 Å². The Balaban J connectivity index is 2.73. The van der Waals surface area contributed by atoms with E-state index in [4.69, 9.17) is 20.9 Å². The fourth-order valence-electron chi connectivity index (χ4n) is 4.37. The number of primary amides is 1. The molecule has 10 atom stereocenters. The second-order valence-corrected chi connectivity index (χ2v) is 10.8. The third-order valence-corrected chi connectivity index (χ3v) is 7.01. The minimum Gasteiger partial charge on any atom is -0.480 e. The van der Waals surface area contributed by atoms with E-state index in [0.29, 0.717) is 0 Å². The molecule has 1 rings (SSSR count). The van der Waals surface area contributed by atoms with Crippen LogP contribution in [0.5, 0.6) is 0 Å². The lowest BCUT2D eigenvalue weighted by atomic mass is 9.96. The zero-order valence-electron chi connectivity index (χ0n) is 25.6. The number of carbonyl (C=O) groups is 7. The molecule has 0 radical (unpaired) electrons. The number of hydrogen-bond donors (Lipinski definition) is 11. The summed E-state index contributed by atoms with van der Waals surface area (Å²) in [5.74, 6) is -6.94. The van der Waals surface area contributed by atoms with E-state index in [1.807, 2.05) is 0 Å². The van der Waals surface area contributed by atoms with Crippen molar-refractivity contribution >= 4 is 41.5 Å². The van der Waals surface area contributed by atoms with Gasteiger partial charge in [0.15, 0.2) is 6.29 Å². The van der Waals surface area contributed by atoms with Gasteiger partial charge >= 0.3 is 11.9 Å². The Morgan fingerprint density at radius 2 is 1.48 bits per heavy atom. The van der Waals surface area contributed by atoms with Crippen LogP contribution in [0.15, 0.2) is 0 Å². The zero-order valence-corrected chi connectivity index (χ0v) is 25.6. The molecule has 13 N–H and O–H groups in total. The molecule has 262 valence electrons. The van der Waals surface area contributed by atoms with Gasteiger partial charge in [-0.05, 0) is 39.5 Å². The number of hydrogen-bond acceptors (Lipinski definition) is 13. The number of carboxylic acid groups (broad SMARTS) is 2.